The summed E-state index contributed by atoms with van der Waals surface area (Å²) in [5.41, 5.74) is 0. The molecule has 1 heterocycles. The zero-order valence-electron chi connectivity index (χ0n) is 12.0. The Morgan fingerprint density at radius 1 is 1.14 bits per heavy atom. The highest BCUT2D eigenvalue weighted by Gasteiger charge is 2.09. The van der Waals surface area contributed by atoms with E-state index in [1.54, 1.807) is 13.2 Å². The highest BCUT2D eigenvalue weighted by atomic mass is 35.5. The Kier molecular flexibility index (Phi) is 5.78. The molecule has 0 amide bonds. The zero-order chi connectivity index (χ0) is 15.1. The molecule has 2 rings (SSSR count). The summed E-state index contributed by atoms with van der Waals surface area (Å²) in [7, 11) is 1.57. The largest absolute Gasteiger partial charge is 0.490 e. The first-order valence-corrected chi connectivity index (χ1v) is 7.02. The van der Waals surface area contributed by atoms with Gasteiger partial charge in [0.2, 0.25) is 5.88 Å². The lowest BCUT2D eigenvalue weighted by atomic mass is 10.3. The van der Waals surface area contributed by atoms with Crippen molar-refractivity contribution in [2.75, 3.05) is 13.7 Å². The van der Waals surface area contributed by atoms with Crippen molar-refractivity contribution >= 4 is 11.6 Å². The maximum absolute atomic E-state index is 5.96. The monoisotopic (exact) mass is 308 g/mol. The lowest BCUT2D eigenvalue weighted by Gasteiger charge is -2.11. The van der Waals surface area contributed by atoms with E-state index in [2.05, 4.69) is 9.97 Å². The third-order valence-electron chi connectivity index (χ3n) is 2.52. The molecule has 6 heteroatoms. The van der Waals surface area contributed by atoms with Crippen molar-refractivity contribution in [3.05, 3.63) is 41.3 Å². The highest BCUT2D eigenvalue weighted by Crippen LogP contribution is 2.31. The first-order valence-electron chi connectivity index (χ1n) is 6.65. The summed E-state index contributed by atoms with van der Waals surface area (Å²) < 4.78 is 16.4. The average Bonchev–Trinajstić information content (AvgIpc) is 2.46. The Balaban J connectivity index is 2.21. The number of rotatable bonds is 7. The van der Waals surface area contributed by atoms with Gasteiger partial charge in [0.05, 0.1) is 6.61 Å². The van der Waals surface area contributed by atoms with Gasteiger partial charge >= 0.3 is 0 Å². The van der Waals surface area contributed by atoms with Gasteiger partial charge in [0.15, 0.2) is 17.3 Å². The average molecular weight is 309 g/mol. The molecule has 0 spiro atoms. The van der Waals surface area contributed by atoms with Crippen LogP contribution in [0.3, 0.4) is 0 Å². The van der Waals surface area contributed by atoms with Crippen LogP contribution >= 0.6 is 11.6 Å². The van der Waals surface area contributed by atoms with Crippen molar-refractivity contribution in [3.63, 3.8) is 0 Å². The topological polar surface area (TPSA) is 53.5 Å². The van der Waals surface area contributed by atoms with Crippen LogP contribution in [0.4, 0.5) is 0 Å². The van der Waals surface area contributed by atoms with E-state index in [0.29, 0.717) is 35.0 Å². The van der Waals surface area contributed by atoms with E-state index in [1.807, 2.05) is 31.2 Å². The SMILES string of the molecule is CCCOc1ccccc1Oc1cc(Cl)nc(COC)n1. The minimum absolute atomic E-state index is 0.269. The van der Waals surface area contributed by atoms with Crippen molar-refractivity contribution in [1.82, 2.24) is 9.97 Å². The van der Waals surface area contributed by atoms with Crippen molar-refractivity contribution in [2.24, 2.45) is 0 Å². The van der Waals surface area contributed by atoms with Crippen LogP contribution in [-0.4, -0.2) is 23.7 Å². The maximum Gasteiger partial charge on any atom is 0.224 e. The fraction of sp³-hybridized carbons (Fsp3) is 0.333. The third kappa shape index (κ3) is 4.58. The van der Waals surface area contributed by atoms with E-state index in [4.69, 9.17) is 25.8 Å². The first kappa shape index (κ1) is 15.5. The van der Waals surface area contributed by atoms with Crippen LogP contribution in [0, 0.1) is 0 Å². The van der Waals surface area contributed by atoms with Gasteiger partial charge in [-0.15, -0.1) is 0 Å². The second-order valence-corrected chi connectivity index (χ2v) is 4.66. The van der Waals surface area contributed by atoms with Crippen LogP contribution in [0.15, 0.2) is 30.3 Å². The molecule has 1 aromatic heterocycles. The summed E-state index contributed by atoms with van der Waals surface area (Å²) in [5, 5.41) is 0.305. The van der Waals surface area contributed by atoms with Gasteiger partial charge in [0, 0.05) is 13.2 Å². The molecule has 0 saturated heterocycles. The molecule has 5 nitrogen and oxygen atoms in total. The number of methoxy groups -OCH3 is 1. The molecule has 112 valence electrons. The standard InChI is InChI=1S/C15H17ClN2O3/c1-3-8-20-11-6-4-5-7-12(11)21-15-9-13(16)17-14(18-15)10-19-2/h4-7,9H,3,8,10H2,1-2H3. The molecule has 1 aromatic carbocycles. The third-order valence-corrected chi connectivity index (χ3v) is 2.71. The van der Waals surface area contributed by atoms with E-state index < -0.39 is 0 Å². The lowest BCUT2D eigenvalue weighted by Crippen LogP contribution is -2.01. The van der Waals surface area contributed by atoms with Crippen LogP contribution < -0.4 is 9.47 Å². The molecular formula is C15H17ClN2O3. The minimum atomic E-state index is 0.269. The molecule has 21 heavy (non-hydrogen) atoms. The molecule has 0 atom stereocenters. The van der Waals surface area contributed by atoms with Crippen molar-refractivity contribution in [1.29, 1.82) is 0 Å². The lowest BCUT2D eigenvalue weighted by molar-refractivity contribution is 0.177. The quantitative estimate of drug-likeness (QED) is 0.727. The van der Waals surface area contributed by atoms with Crippen LogP contribution in [0.2, 0.25) is 5.15 Å². The number of benzene rings is 1. The van der Waals surface area contributed by atoms with Gasteiger partial charge in [0.25, 0.3) is 0 Å². The molecule has 0 N–H and O–H groups in total. The summed E-state index contributed by atoms with van der Waals surface area (Å²) in [6.07, 6.45) is 0.922. The van der Waals surface area contributed by atoms with Crippen molar-refractivity contribution < 1.29 is 14.2 Å². The fourth-order valence-corrected chi connectivity index (χ4v) is 1.86. The molecular weight excluding hydrogens is 292 g/mol. The predicted molar refractivity (Wildman–Crippen MR) is 80.1 cm³/mol. The number of para-hydroxylation sites is 2. The predicted octanol–water partition coefficient (Wildman–Crippen LogP) is 3.86. The van der Waals surface area contributed by atoms with E-state index in [0.717, 1.165) is 6.42 Å². The van der Waals surface area contributed by atoms with Crippen LogP contribution in [0.5, 0.6) is 17.4 Å². The van der Waals surface area contributed by atoms with E-state index in [1.165, 1.54) is 0 Å². The zero-order valence-corrected chi connectivity index (χ0v) is 12.8. The van der Waals surface area contributed by atoms with Gasteiger partial charge in [-0.3, -0.25) is 0 Å². The van der Waals surface area contributed by atoms with Gasteiger partial charge in [-0.25, -0.2) is 4.98 Å². The number of hydrogen-bond donors (Lipinski definition) is 0. The first-order chi connectivity index (χ1) is 10.2. The fourth-order valence-electron chi connectivity index (χ4n) is 1.67. The number of ether oxygens (including phenoxy) is 3. The van der Waals surface area contributed by atoms with E-state index in [9.17, 15) is 0 Å². The Labute approximate surface area is 128 Å². The van der Waals surface area contributed by atoms with Crippen molar-refractivity contribution in [3.8, 4) is 17.4 Å². The van der Waals surface area contributed by atoms with Gasteiger partial charge in [-0.2, -0.15) is 4.98 Å². The van der Waals surface area contributed by atoms with E-state index >= 15 is 0 Å². The summed E-state index contributed by atoms with van der Waals surface area (Å²) in [6.45, 7) is 2.94. The summed E-state index contributed by atoms with van der Waals surface area (Å²) in [5.74, 6) is 2.08. The molecule has 0 unspecified atom stereocenters. The summed E-state index contributed by atoms with van der Waals surface area (Å²) in [4.78, 5) is 8.30. The normalized spacial score (nSPS) is 10.4. The molecule has 0 bridgehead atoms. The molecule has 0 saturated carbocycles. The van der Waals surface area contributed by atoms with Gasteiger partial charge < -0.3 is 14.2 Å². The van der Waals surface area contributed by atoms with Crippen LogP contribution in [0.1, 0.15) is 19.2 Å². The Morgan fingerprint density at radius 2 is 1.90 bits per heavy atom. The van der Waals surface area contributed by atoms with Crippen LogP contribution in [0.25, 0.3) is 0 Å². The van der Waals surface area contributed by atoms with Crippen molar-refractivity contribution in [2.45, 2.75) is 20.0 Å². The van der Waals surface area contributed by atoms with Gasteiger partial charge in [0.1, 0.15) is 11.8 Å². The molecule has 0 aliphatic rings. The molecule has 0 aliphatic heterocycles. The second kappa shape index (κ2) is 7.81. The summed E-state index contributed by atoms with van der Waals surface area (Å²) in [6, 6.07) is 8.98. The van der Waals surface area contributed by atoms with Gasteiger partial charge in [-0.1, -0.05) is 30.7 Å². The molecule has 0 aliphatic carbocycles. The summed E-state index contributed by atoms with van der Waals surface area (Å²) >= 11 is 5.96. The number of hydrogen-bond acceptors (Lipinski definition) is 5. The second-order valence-electron chi connectivity index (χ2n) is 4.28. The molecule has 0 radical (unpaired) electrons. The Hall–Kier alpha value is -1.85. The molecule has 2 aromatic rings. The smallest absolute Gasteiger partial charge is 0.224 e. The number of halogens is 1. The Bertz CT molecular complexity index is 593. The minimum Gasteiger partial charge on any atom is -0.490 e. The molecule has 0 fully saturated rings. The number of aromatic nitrogens is 2. The maximum atomic E-state index is 5.96. The van der Waals surface area contributed by atoms with Gasteiger partial charge in [-0.05, 0) is 18.6 Å². The van der Waals surface area contributed by atoms with Crippen LogP contribution in [-0.2, 0) is 11.3 Å². The van der Waals surface area contributed by atoms with E-state index in [-0.39, 0.29) is 6.61 Å². The number of nitrogens with zero attached hydrogens (tertiary/aromatic N) is 2. The Morgan fingerprint density at radius 3 is 2.62 bits per heavy atom. The highest BCUT2D eigenvalue weighted by molar-refractivity contribution is 6.29.